The van der Waals surface area contributed by atoms with Gasteiger partial charge < -0.3 is 4.90 Å². The summed E-state index contributed by atoms with van der Waals surface area (Å²) in [6.45, 7) is 3.00. The smallest absolute Gasteiger partial charge is 0.0669 e. The lowest BCUT2D eigenvalue weighted by atomic mass is 10.1. The Balaban J connectivity index is 1.71. The Morgan fingerprint density at radius 3 is 2.81 bits per heavy atom. The predicted molar refractivity (Wildman–Crippen MR) is 85.7 cm³/mol. The van der Waals surface area contributed by atoms with E-state index >= 15 is 0 Å². The van der Waals surface area contributed by atoms with Gasteiger partial charge in [0, 0.05) is 30.2 Å². The number of nitrogens with zero attached hydrogens (tertiary/aromatic N) is 3. The van der Waals surface area contributed by atoms with Gasteiger partial charge in [0.1, 0.15) is 0 Å². The largest absolute Gasteiger partial charge is 0.302 e. The second-order valence-corrected chi connectivity index (χ2v) is 6.65. The van der Waals surface area contributed by atoms with Gasteiger partial charge in [0.15, 0.2) is 0 Å². The maximum absolute atomic E-state index is 9.14. The Kier molecular flexibility index (Phi) is 6.60. The molecule has 2 rings (SSSR count). The minimum atomic E-state index is 0.00479. The molecular formula is C17H21N3S. The third kappa shape index (κ3) is 5.42. The van der Waals surface area contributed by atoms with Crippen molar-refractivity contribution < 1.29 is 0 Å². The van der Waals surface area contributed by atoms with Crippen molar-refractivity contribution >= 4 is 11.8 Å². The third-order valence-electron chi connectivity index (χ3n) is 3.86. The number of nitriles is 2. The lowest BCUT2D eigenvalue weighted by molar-refractivity contribution is 0.292. The first-order chi connectivity index (χ1) is 10.3. The second-order valence-electron chi connectivity index (χ2n) is 5.56. The number of hydrogen-bond donors (Lipinski definition) is 0. The summed E-state index contributed by atoms with van der Waals surface area (Å²) in [6.07, 6.45) is 2.41. The summed E-state index contributed by atoms with van der Waals surface area (Å²) in [6, 6.07) is 15.0. The Morgan fingerprint density at radius 2 is 2.10 bits per heavy atom. The van der Waals surface area contributed by atoms with Gasteiger partial charge in [-0.15, -0.1) is 11.8 Å². The van der Waals surface area contributed by atoms with E-state index < -0.39 is 0 Å². The summed E-state index contributed by atoms with van der Waals surface area (Å²) >= 11 is 1.92. The summed E-state index contributed by atoms with van der Waals surface area (Å²) in [4.78, 5) is 3.72. The van der Waals surface area contributed by atoms with Gasteiger partial charge in [0.25, 0.3) is 0 Å². The van der Waals surface area contributed by atoms with Crippen LogP contribution in [-0.4, -0.2) is 30.3 Å². The first-order valence-electron chi connectivity index (χ1n) is 7.48. The van der Waals surface area contributed by atoms with Crippen LogP contribution in [0.4, 0.5) is 0 Å². The quantitative estimate of drug-likeness (QED) is 0.723. The molecule has 0 radical (unpaired) electrons. The van der Waals surface area contributed by atoms with Crippen LogP contribution in [-0.2, 0) is 0 Å². The number of benzene rings is 1. The van der Waals surface area contributed by atoms with Crippen LogP contribution >= 0.6 is 11.8 Å². The third-order valence-corrected chi connectivity index (χ3v) is 5.11. The summed E-state index contributed by atoms with van der Waals surface area (Å²) in [5.74, 6) is 1.87. The molecule has 110 valence electrons. The zero-order chi connectivity index (χ0) is 14.9. The Bertz CT molecular complexity index is 503. The van der Waals surface area contributed by atoms with Crippen molar-refractivity contribution in [2.24, 2.45) is 11.8 Å². The van der Waals surface area contributed by atoms with E-state index in [9.17, 15) is 0 Å². The fraction of sp³-hybridized carbons (Fsp3) is 0.529. The zero-order valence-electron chi connectivity index (χ0n) is 12.2. The molecule has 0 aliphatic carbocycles. The first-order valence-corrected chi connectivity index (χ1v) is 8.47. The Hall–Kier alpha value is -1.49. The van der Waals surface area contributed by atoms with Gasteiger partial charge in [-0.3, -0.25) is 0 Å². The molecule has 0 unspecified atom stereocenters. The van der Waals surface area contributed by atoms with Gasteiger partial charge in [-0.25, -0.2) is 0 Å². The molecule has 4 heteroatoms. The van der Waals surface area contributed by atoms with Crippen LogP contribution in [0.1, 0.15) is 19.3 Å². The van der Waals surface area contributed by atoms with Crippen LogP contribution in [0.2, 0.25) is 0 Å². The average molecular weight is 299 g/mol. The van der Waals surface area contributed by atoms with E-state index in [2.05, 4.69) is 41.3 Å². The highest BCUT2D eigenvalue weighted by Crippen LogP contribution is 2.26. The van der Waals surface area contributed by atoms with Crippen LogP contribution in [0.5, 0.6) is 0 Å². The minimum Gasteiger partial charge on any atom is -0.302 e. The van der Waals surface area contributed by atoms with Crippen molar-refractivity contribution in [1.82, 2.24) is 4.90 Å². The van der Waals surface area contributed by atoms with Gasteiger partial charge in [-0.2, -0.15) is 10.5 Å². The number of hydrogen-bond acceptors (Lipinski definition) is 4. The normalized spacial score (nSPS) is 19.8. The van der Waals surface area contributed by atoms with E-state index in [1.807, 2.05) is 17.8 Å². The zero-order valence-corrected chi connectivity index (χ0v) is 13.1. The van der Waals surface area contributed by atoms with Gasteiger partial charge in [0.05, 0.1) is 18.1 Å². The summed E-state index contributed by atoms with van der Waals surface area (Å²) in [5, 5.41) is 17.8. The molecular weight excluding hydrogens is 278 g/mol. The fourth-order valence-electron chi connectivity index (χ4n) is 2.69. The van der Waals surface area contributed by atoms with E-state index in [0.717, 1.165) is 25.4 Å². The van der Waals surface area contributed by atoms with Gasteiger partial charge >= 0.3 is 0 Å². The summed E-state index contributed by atoms with van der Waals surface area (Å²) < 4.78 is 0. The van der Waals surface area contributed by atoms with Crippen LogP contribution in [0, 0.1) is 34.5 Å². The van der Waals surface area contributed by atoms with E-state index in [1.165, 1.54) is 11.3 Å². The Labute approximate surface area is 131 Å². The van der Waals surface area contributed by atoms with Crippen molar-refractivity contribution in [2.45, 2.75) is 24.2 Å². The van der Waals surface area contributed by atoms with Crippen molar-refractivity contribution in [1.29, 1.82) is 10.5 Å². The topological polar surface area (TPSA) is 50.8 Å². The van der Waals surface area contributed by atoms with E-state index in [4.69, 9.17) is 10.5 Å². The monoisotopic (exact) mass is 299 g/mol. The maximum atomic E-state index is 9.14. The van der Waals surface area contributed by atoms with Crippen LogP contribution in [0.15, 0.2) is 35.2 Å². The predicted octanol–water partition coefficient (Wildman–Crippen LogP) is 3.54. The maximum Gasteiger partial charge on any atom is 0.0669 e. The molecule has 0 saturated carbocycles. The fourth-order valence-corrected chi connectivity index (χ4v) is 3.74. The molecule has 0 spiro atoms. The lowest BCUT2D eigenvalue weighted by Gasteiger charge is -2.18. The van der Waals surface area contributed by atoms with Crippen molar-refractivity contribution in [2.75, 3.05) is 25.4 Å². The highest BCUT2D eigenvalue weighted by atomic mass is 32.2. The van der Waals surface area contributed by atoms with Gasteiger partial charge in [0.2, 0.25) is 0 Å². The molecule has 1 aliphatic heterocycles. The van der Waals surface area contributed by atoms with Crippen LogP contribution in [0.25, 0.3) is 0 Å². The standard InChI is InChI=1S/C17H21N3S/c18-9-4-5-15(11-19)12-20-10-8-16(13-20)14-21-17-6-2-1-3-7-17/h1-3,6-7,15-16H,4-5,8,10,12-14H2/t15-,16+/m1/s1. The number of thioether (sulfide) groups is 1. The molecule has 0 amide bonds. The molecule has 21 heavy (non-hydrogen) atoms. The molecule has 1 fully saturated rings. The molecule has 1 aliphatic rings. The van der Waals surface area contributed by atoms with Crippen molar-refractivity contribution in [3.05, 3.63) is 30.3 Å². The molecule has 0 N–H and O–H groups in total. The molecule has 2 atom stereocenters. The highest BCUT2D eigenvalue weighted by molar-refractivity contribution is 7.99. The SMILES string of the molecule is N#CCC[C@H](C#N)CN1CC[C@H](CSc2ccccc2)C1. The van der Waals surface area contributed by atoms with Crippen molar-refractivity contribution in [3.63, 3.8) is 0 Å². The van der Waals surface area contributed by atoms with Crippen molar-refractivity contribution in [3.8, 4) is 12.1 Å². The highest BCUT2D eigenvalue weighted by Gasteiger charge is 2.24. The Morgan fingerprint density at radius 1 is 1.29 bits per heavy atom. The molecule has 1 saturated heterocycles. The molecule has 1 aromatic rings. The van der Waals surface area contributed by atoms with Crippen LogP contribution in [0.3, 0.4) is 0 Å². The van der Waals surface area contributed by atoms with E-state index in [1.54, 1.807) is 0 Å². The second kappa shape index (κ2) is 8.72. The molecule has 0 bridgehead atoms. The van der Waals surface area contributed by atoms with Crippen LogP contribution < -0.4 is 0 Å². The molecule has 1 aromatic carbocycles. The minimum absolute atomic E-state index is 0.00479. The molecule has 1 heterocycles. The summed E-state index contributed by atoms with van der Waals surface area (Å²) in [7, 11) is 0. The number of likely N-dealkylation sites (tertiary alicyclic amines) is 1. The average Bonchev–Trinajstić information content (AvgIpc) is 2.98. The first kappa shape index (κ1) is 15.9. The number of rotatable bonds is 7. The van der Waals surface area contributed by atoms with Gasteiger partial charge in [-0.05, 0) is 37.4 Å². The van der Waals surface area contributed by atoms with Gasteiger partial charge in [-0.1, -0.05) is 18.2 Å². The van der Waals surface area contributed by atoms with E-state index in [0.29, 0.717) is 18.8 Å². The molecule has 3 nitrogen and oxygen atoms in total. The lowest BCUT2D eigenvalue weighted by Crippen LogP contribution is -2.27. The summed E-state index contributed by atoms with van der Waals surface area (Å²) in [5.41, 5.74) is 0. The molecule has 0 aromatic heterocycles. The van der Waals surface area contributed by atoms with E-state index in [-0.39, 0.29) is 5.92 Å².